The predicted octanol–water partition coefficient (Wildman–Crippen LogP) is 1.43. The van der Waals surface area contributed by atoms with Gasteiger partial charge in [0.2, 0.25) is 0 Å². The number of likely N-dealkylation sites (tertiary alicyclic amines) is 1. The quantitative estimate of drug-likeness (QED) is 0.735. The third-order valence-corrected chi connectivity index (χ3v) is 4.80. The van der Waals surface area contributed by atoms with Gasteiger partial charge < -0.3 is 20.4 Å². The zero-order chi connectivity index (χ0) is 15.2. The van der Waals surface area contributed by atoms with Crippen molar-refractivity contribution in [3.63, 3.8) is 0 Å². The largest absolute Gasteiger partial charge is 0.481 e. The molecule has 21 heavy (non-hydrogen) atoms. The van der Waals surface area contributed by atoms with Crippen molar-refractivity contribution in [2.45, 2.75) is 51.0 Å². The second-order valence-corrected chi connectivity index (χ2v) is 6.30. The van der Waals surface area contributed by atoms with Gasteiger partial charge in [0.05, 0.1) is 5.92 Å². The van der Waals surface area contributed by atoms with Crippen LogP contribution in [0.2, 0.25) is 0 Å². The highest BCUT2D eigenvalue weighted by molar-refractivity contribution is 5.74. The third kappa shape index (κ3) is 4.59. The van der Waals surface area contributed by atoms with Crippen molar-refractivity contribution in [3.8, 4) is 0 Å². The fraction of sp³-hybridized carbons (Fsp3) is 0.867. The summed E-state index contributed by atoms with van der Waals surface area (Å²) < 4.78 is 0. The molecule has 2 rings (SSSR count). The highest BCUT2D eigenvalue weighted by Crippen LogP contribution is 2.25. The first-order valence-corrected chi connectivity index (χ1v) is 7.99. The minimum Gasteiger partial charge on any atom is -0.481 e. The molecule has 1 saturated carbocycles. The average Bonchev–Trinajstić information content (AvgIpc) is 2.73. The number of hydrogen-bond donors (Lipinski definition) is 3. The Morgan fingerprint density at radius 2 is 1.76 bits per heavy atom. The van der Waals surface area contributed by atoms with Crippen LogP contribution in [0.3, 0.4) is 0 Å². The molecule has 1 heterocycles. The lowest BCUT2D eigenvalue weighted by Gasteiger charge is -2.29. The number of rotatable bonds is 3. The van der Waals surface area contributed by atoms with Crippen molar-refractivity contribution in [2.24, 2.45) is 11.8 Å². The van der Waals surface area contributed by atoms with Crippen LogP contribution in [0.4, 0.5) is 4.79 Å². The molecule has 6 heteroatoms. The normalized spacial score (nSPS) is 30.5. The van der Waals surface area contributed by atoms with Crippen LogP contribution in [0, 0.1) is 11.8 Å². The van der Waals surface area contributed by atoms with Crippen LogP contribution < -0.4 is 5.32 Å². The van der Waals surface area contributed by atoms with Crippen molar-refractivity contribution in [1.29, 1.82) is 0 Å². The van der Waals surface area contributed by atoms with E-state index in [0.717, 1.165) is 38.6 Å². The fourth-order valence-corrected chi connectivity index (χ4v) is 3.30. The van der Waals surface area contributed by atoms with E-state index in [2.05, 4.69) is 5.32 Å². The molecular formula is C15H26N2O4. The molecule has 2 aliphatic rings. The highest BCUT2D eigenvalue weighted by Gasteiger charge is 2.28. The summed E-state index contributed by atoms with van der Waals surface area (Å²) in [6.07, 6.45) is 5.55. The monoisotopic (exact) mass is 298 g/mol. The summed E-state index contributed by atoms with van der Waals surface area (Å²) in [7, 11) is 0. The number of carbonyl (C=O) groups excluding carboxylic acids is 1. The Bertz CT molecular complexity index is 367. The number of nitrogens with one attached hydrogen (secondary N) is 1. The van der Waals surface area contributed by atoms with E-state index in [1.54, 1.807) is 0 Å². The van der Waals surface area contributed by atoms with E-state index < -0.39 is 5.97 Å². The molecule has 0 aromatic rings. The summed E-state index contributed by atoms with van der Waals surface area (Å²) in [6.45, 7) is 1.64. The number of aliphatic hydroxyl groups excluding tert-OH is 1. The molecule has 1 aliphatic carbocycles. The molecule has 1 atom stereocenters. The molecule has 0 bridgehead atoms. The lowest BCUT2D eigenvalue weighted by Crippen LogP contribution is -2.46. The first kappa shape index (κ1) is 16.1. The second-order valence-electron chi connectivity index (χ2n) is 6.30. The molecule has 0 aromatic heterocycles. The number of nitrogens with zero attached hydrogens (tertiary/aromatic N) is 1. The predicted molar refractivity (Wildman–Crippen MR) is 77.9 cm³/mol. The maximum absolute atomic E-state index is 12.3. The fourth-order valence-electron chi connectivity index (χ4n) is 3.30. The Morgan fingerprint density at radius 1 is 1.05 bits per heavy atom. The number of amides is 2. The van der Waals surface area contributed by atoms with E-state index in [1.807, 2.05) is 4.90 Å². The Kier molecular flexibility index (Phi) is 5.85. The average molecular weight is 298 g/mol. The van der Waals surface area contributed by atoms with Gasteiger partial charge in [-0.25, -0.2) is 4.79 Å². The Hall–Kier alpha value is -1.30. The van der Waals surface area contributed by atoms with Crippen molar-refractivity contribution < 1.29 is 19.8 Å². The van der Waals surface area contributed by atoms with E-state index in [9.17, 15) is 14.7 Å². The molecule has 1 aliphatic heterocycles. The summed E-state index contributed by atoms with van der Waals surface area (Å²) in [6, 6.07) is 0.0670. The van der Waals surface area contributed by atoms with Crippen LogP contribution >= 0.6 is 0 Å². The van der Waals surface area contributed by atoms with Crippen molar-refractivity contribution in [1.82, 2.24) is 10.2 Å². The van der Waals surface area contributed by atoms with Gasteiger partial charge in [-0.2, -0.15) is 0 Å². The molecule has 0 spiro atoms. The summed E-state index contributed by atoms with van der Waals surface area (Å²) in [4.78, 5) is 25.0. The maximum Gasteiger partial charge on any atom is 0.317 e. The van der Waals surface area contributed by atoms with Crippen LogP contribution in [-0.2, 0) is 4.79 Å². The van der Waals surface area contributed by atoms with Gasteiger partial charge >= 0.3 is 12.0 Å². The van der Waals surface area contributed by atoms with Crippen LogP contribution in [0.25, 0.3) is 0 Å². The number of carboxylic acid groups (broad SMARTS) is 1. The molecule has 0 radical (unpaired) electrons. The number of aliphatic hydroxyl groups is 1. The minimum atomic E-state index is -0.720. The van der Waals surface area contributed by atoms with E-state index in [0.29, 0.717) is 25.3 Å². The summed E-state index contributed by atoms with van der Waals surface area (Å²) >= 11 is 0. The first-order chi connectivity index (χ1) is 10.1. The maximum atomic E-state index is 12.3. The van der Waals surface area contributed by atoms with Gasteiger partial charge in [0, 0.05) is 25.7 Å². The number of carboxylic acids is 1. The van der Waals surface area contributed by atoms with Crippen molar-refractivity contribution in [3.05, 3.63) is 0 Å². The Balaban J connectivity index is 1.75. The number of urea groups is 1. The van der Waals surface area contributed by atoms with Crippen molar-refractivity contribution >= 4 is 12.0 Å². The van der Waals surface area contributed by atoms with Gasteiger partial charge in [0.15, 0.2) is 0 Å². The van der Waals surface area contributed by atoms with Gasteiger partial charge in [-0.1, -0.05) is 0 Å². The van der Waals surface area contributed by atoms with E-state index >= 15 is 0 Å². The van der Waals surface area contributed by atoms with E-state index in [4.69, 9.17) is 5.11 Å². The summed E-state index contributed by atoms with van der Waals surface area (Å²) in [5, 5.41) is 21.2. The first-order valence-electron chi connectivity index (χ1n) is 7.99. The topological polar surface area (TPSA) is 89.9 Å². The summed E-state index contributed by atoms with van der Waals surface area (Å²) in [5.74, 6) is -0.655. The van der Waals surface area contributed by atoms with Gasteiger partial charge in [-0.3, -0.25) is 4.79 Å². The molecule has 1 saturated heterocycles. The standard InChI is InChI=1S/C15H26N2O4/c18-10-11-2-1-8-17(9-7-11)15(21)16-13-5-3-12(4-6-13)14(19)20/h11-13,18H,1-10H2,(H,16,21)(H,19,20). The van der Waals surface area contributed by atoms with E-state index in [-0.39, 0.29) is 24.6 Å². The van der Waals surface area contributed by atoms with Crippen LogP contribution in [-0.4, -0.2) is 52.9 Å². The van der Waals surface area contributed by atoms with Crippen LogP contribution in [0.15, 0.2) is 0 Å². The zero-order valence-corrected chi connectivity index (χ0v) is 12.5. The zero-order valence-electron chi connectivity index (χ0n) is 12.5. The molecule has 0 aromatic carbocycles. The molecule has 3 N–H and O–H groups in total. The number of aliphatic carboxylic acids is 1. The lowest BCUT2D eigenvalue weighted by molar-refractivity contribution is -0.142. The van der Waals surface area contributed by atoms with Gasteiger partial charge in [0.1, 0.15) is 0 Å². The van der Waals surface area contributed by atoms with Crippen LogP contribution in [0.1, 0.15) is 44.9 Å². The second kappa shape index (κ2) is 7.64. The number of hydrogen-bond acceptors (Lipinski definition) is 3. The van der Waals surface area contributed by atoms with Gasteiger partial charge in [-0.05, 0) is 50.9 Å². The molecule has 2 amide bonds. The van der Waals surface area contributed by atoms with Crippen molar-refractivity contribution in [2.75, 3.05) is 19.7 Å². The molecular weight excluding hydrogens is 272 g/mol. The molecule has 120 valence electrons. The molecule has 6 nitrogen and oxygen atoms in total. The lowest BCUT2D eigenvalue weighted by atomic mass is 9.86. The summed E-state index contributed by atoms with van der Waals surface area (Å²) in [5.41, 5.74) is 0. The Labute approximate surface area is 125 Å². The Morgan fingerprint density at radius 3 is 2.38 bits per heavy atom. The smallest absolute Gasteiger partial charge is 0.317 e. The number of carbonyl (C=O) groups is 2. The highest BCUT2D eigenvalue weighted by atomic mass is 16.4. The van der Waals surface area contributed by atoms with Crippen LogP contribution in [0.5, 0.6) is 0 Å². The third-order valence-electron chi connectivity index (χ3n) is 4.80. The molecule has 2 fully saturated rings. The molecule has 1 unspecified atom stereocenters. The van der Waals surface area contributed by atoms with Gasteiger partial charge in [0.25, 0.3) is 0 Å². The SMILES string of the molecule is O=C(O)C1CCC(NC(=O)N2CCCC(CO)CC2)CC1. The van der Waals surface area contributed by atoms with E-state index in [1.165, 1.54) is 0 Å². The van der Waals surface area contributed by atoms with Gasteiger partial charge in [-0.15, -0.1) is 0 Å². The minimum absolute atomic E-state index is 0.0348.